The van der Waals surface area contributed by atoms with Crippen LogP contribution >= 0.6 is 0 Å². The van der Waals surface area contributed by atoms with Gasteiger partial charge in [0, 0.05) is 38.8 Å². The number of carbonyl (C=O) groups is 2. The summed E-state index contributed by atoms with van der Waals surface area (Å²) in [5, 5.41) is 10.6. The van der Waals surface area contributed by atoms with Crippen LogP contribution in [0.15, 0.2) is 23.2 Å². The average Bonchev–Trinajstić information content (AvgIpc) is 3.33. The second-order valence-electron chi connectivity index (χ2n) is 7.53. The summed E-state index contributed by atoms with van der Waals surface area (Å²) in [6.45, 7) is 4.85. The summed E-state index contributed by atoms with van der Waals surface area (Å²) in [5.41, 5.74) is 6.89. The van der Waals surface area contributed by atoms with Crippen molar-refractivity contribution in [1.82, 2.24) is 9.80 Å². The van der Waals surface area contributed by atoms with Gasteiger partial charge in [-0.2, -0.15) is 10.3 Å². The summed E-state index contributed by atoms with van der Waals surface area (Å²) < 4.78 is 5.12. The molecule has 1 aromatic rings. The fourth-order valence-corrected chi connectivity index (χ4v) is 3.50. The summed E-state index contributed by atoms with van der Waals surface area (Å²) in [6.07, 6.45) is 16.4. The second kappa shape index (κ2) is 18.8. The maximum absolute atomic E-state index is 11.9. The predicted octanol–water partition coefficient (Wildman–Crippen LogP) is 2.76. The lowest BCUT2D eigenvalue weighted by Crippen LogP contribution is -2.41. The number of amides is 2. The second-order valence-corrected chi connectivity index (χ2v) is 7.53. The summed E-state index contributed by atoms with van der Waals surface area (Å²) in [4.78, 5) is 30.2. The average molecular weight is 471 g/mol. The molecule has 9 heteroatoms. The van der Waals surface area contributed by atoms with E-state index in [1.807, 2.05) is 31.0 Å². The quantitative estimate of drug-likeness (QED) is 0.302. The van der Waals surface area contributed by atoms with E-state index in [-0.39, 0.29) is 11.8 Å². The van der Waals surface area contributed by atoms with E-state index in [2.05, 4.69) is 35.0 Å². The number of benzene rings is 1. The Labute approximate surface area is 204 Å². The van der Waals surface area contributed by atoms with Gasteiger partial charge >= 0.3 is 0 Å². The fraction of sp³-hybridized carbons (Fsp3) is 0.520. The van der Waals surface area contributed by atoms with Crippen LogP contribution in [-0.4, -0.2) is 68.3 Å². The number of nitriles is 1. The molecule has 0 atom stereocenters. The van der Waals surface area contributed by atoms with E-state index in [1.54, 1.807) is 12.0 Å². The molecule has 2 heterocycles. The minimum Gasteiger partial charge on any atom is -0.496 e. The smallest absolute Gasteiger partial charge is 0.242 e. The van der Waals surface area contributed by atoms with E-state index in [4.69, 9.17) is 10.00 Å². The molecule has 2 saturated heterocycles. The maximum Gasteiger partial charge on any atom is 0.242 e. The Morgan fingerprint density at radius 2 is 1.88 bits per heavy atom. The number of terminal acetylenes is 1. The monoisotopic (exact) mass is 470 g/mol. The van der Waals surface area contributed by atoms with Gasteiger partial charge in [0.25, 0.3) is 0 Å². The predicted molar refractivity (Wildman–Crippen MR) is 136 cm³/mol. The third-order valence-electron chi connectivity index (χ3n) is 5.27. The van der Waals surface area contributed by atoms with E-state index < -0.39 is 0 Å². The third-order valence-corrected chi connectivity index (χ3v) is 5.27. The molecule has 3 rings (SSSR count). The molecule has 2 aliphatic rings. The first kappa shape index (κ1) is 30.3. The summed E-state index contributed by atoms with van der Waals surface area (Å²) in [7, 11) is 3.59. The largest absolute Gasteiger partial charge is 0.496 e. The number of anilines is 1. The minimum atomic E-state index is 0.132. The van der Waals surface area contributed by atoms with Crippen LogP contribution < -0.4 is 15.8 Å². The number of likely N-dealkylation sites (tertiary alicyclic amines) is 2. The van der Waals surface area contributed by atoms with E-state index >= 15 is 0 Å². The highest BCUT2D eigenvalue weighted by atomic mass is 16.5. The van der Waals surface area contributed by atoms with Crippen LogP contribution in [0, 0.1) is 31.2 Å². The Morgan fingerprint density at radius 3 is 2.38 bits per heavy atom. The van der Waals surface area contributed by atoms with Gasteiger partial charge in [-0.25, -0.2) is 0 Å². The van der Waals surface area contributed by atoms with Gasteiger partial charge in [-0.15, -0.1) is 12.8 Å². The SMILES string of the molecule is C#C.CNc1ccc(OC)c(C)c1.N#CN=CN.O=C(CN1CCCCCC1=O)N1CCCC1. The Hall–Kier alpha value is -3.72. The van der Waals surface area contributed by atoms with Crippen molar-refractivity contribution in [2.45, 2.75) is 45.4 Å². The Morgan fingerprint density at radius 1 is 1.24 bits per heavy atom. The number of aliphatic imine (C=N–C) groups is 1. The Kier molecular flexibility index (Phi) is 16.8. The van der Waals surface area contributed by atoms with Gasteiger partial charge in [0.2, 0.25) is 18.0 Å². The lowest BCUT2D eigenvalue weighted by Gasteiger charge is -2.23. The molecule has 3 N–H and O–H groups in total. The maximum atomic E-state index is 11.9. The molecule has 1 aromatic carbocycles. The first-order valence-corrected chi connectivity index (χ1v) is 11.3. The van der Waals surface area contributed by atoms with E-state index in [0.29, 0.717) is 13.0 Å². The molecular weight excluding hydrogens is 432 g/mol. The van der Waals surface area contributed by atoms with Gasteiger partial charge in [-0.1, -0.05) is 6.42 Å². The molecule has 2 aliphatic heterocycles. The van der Waals surface area contributed by atoms with Crippen molar-refractivity contribution in [3.05, 3.63) is 23.8 Å². The number of ether oxygens (including phenoxy) is 1. The number of aryl methyl sites for hydroxylation is 1. The minimum absolute atomic E-state index is 0.132. The Balaban J connectivity index is 0.000000525. The summed E-state index contributed by atoms with van der Waals surface area (Å²) in [5.74, 6) is 1.22. The molecule has 34 heavy (non-hydrogen) atoms. The van der Waals surface area contributed by atoms with Gasteiger partial charge in [0.1, 0.15) is 5.75 Å². The lowest BCUT2D eigenvalue weighted by atomic mass is 10.2. The molecule has 2 amide bonds. The molecule has 0 spiro atoms. The number of nitrogens with one attached hydrogen (secondary N) is 1. The van der Waals surface area contributed by atoms with Gasteiger partial charge in [0.15, 0.2) is 0 Å². The number of nitrogens with zero attached hydrogens (tertiary/aromatic N) is 4. The normalized spacial score (nSPS) is 14.8. The number of nitrogens with two attached hydrogens (primary N) is 1. The molecule has 186 valence electrons. The van der Waals surface area contributed by atoms with Crippen molar-refractivity contribution in [1.29, 1.82) is 5.26 Å². The van der Waals surface area contributed by atoms with Gasteiger partial charge in [-0.05, 0) is 56.4 Å². The van der Waals surface area contributed by atoms with Crippen LogP contribution in [0.25, 0.3) is 0 Å². The standard InChI is InChI=1S/C12H20N2O2.C9H13NO.C2H3N3.C2H2/c15-11-6-2-1-3-9-14(11)10-12(16)13-7-4-5-8-13;1-7-6-8(10-2)4-5-9(7)11-3;3-1-5-2-4;1-2/h1-10H2;4-6,10H,1-3H3;1H,(H2,3,5);1-2H. The highest BCUT2D eigenvalue weighted by Crippen LogP contribution is 2.20. The highest BCUT2D eigenvalue weighted by Gasteiger charge is 2.23. The van der Waals surface area contributed by atoms with Gasteiger partial charge < -0.3 is 25.6 Å². The molecule has 9 nitrogen and oxygen atoms in total. The highest BCUT2D eigenvalue weighted by molar-refractivity contribution is 5.85. The van der Waals surface area contributed by atoms with Crippen molar-refractivity contribution >= 4 is 23.8 Å². The molecular formula is C25H38N6O3. The summed E-state index contributed by atoms with van der Waals surface area (Å²) >= 11 is 0. The molecule has 0 aromatic heterocycles. The topological polar surface area (TPSA) is 124 Å². The third kappa shape index (κ3) is 11.8. The molecule has 0 aliphatic carbocycles. The van der Waals surface area contributed by atoms with Crippen LogP contribution in [0.4, 0.5) is 5.69 Å². The van der Waals surface area contributed by atoms with E-state index in [9.17, 15) is 9.59 Å². The van der Waals surface area contributed by atoms with Crippen LogP contribution in [0.3, 0.4) is 0 Å². The number of methoxy groups -OCH3 is 1. The van der Waals surface area contributed by atoms with E-state index in [0.717, 1.165) is 75.1 Å². The van der Waals surface area contributed by atoms with Crippen LogP contribution in [0.1, 0.15) is 44.1 Å². The van der Waals surface area contributed by atoms with Gasteiger partial charge in [-0.3, -0.25) is 9.59 Å². The molecule has 0 saturated carbocycles. The van der Waals surface area contributed by atoms with E-state index in [1.165, 1.54) is 6.19 Å². The fourth-order valence-electron chi connectivity index (χ4n) is 3.50. The van der Waals surface area contributed by atoms with Crippen molar-refractivity contribution in [3.8, 4) is 24.8 Å². The molecule has 0 radical (unpaired) electrons. The number of hydrogen-bond acceptors (Lipinski definition) is 6. The molecule has 0 unspecified atom stereocenters. The molecule has 2 fully saturated rings. The zero-order valence-corrected chi connectivity index (χ0v) is 20.6. The van der Waals surface area contributed by atoms with Gasteiger partial charge in [0.05, 0.1) is 20.0 Å². The number of hydrogen-bond donors (Lipinski definition) is 2. The Bertz CT molecular complexity index is 826. The van der Waals surface area contributed by atoms with Crippen LogP contribution in [-0.2, 0) is 9.59 Å². The van der Waals surface area contributed by atoms with Crippen molar-refractivity contribution in [3.63, 3.8) is 0 Å². The van der Waals surface area contributed by atoms with Crippen LogP contribution in [0.2, 0.25) is 0 Å². The zero-order valence-electron chi connectivity index (χ0n) is 20.6. The first-order chi connectivity index (χ1) is 16.5. The van der Waals surface area contributed by atoms with Crippen molar-refractivity contribution in [2.75, 3.05) is 45.7 Å². The van der Waals surface area contributed by atoms with Crippen molar-refractivity contribution < 1.29 is 14.3 Å². The molecule has 0 bridgehead atoms. The lowest BCUT2D eigenvalue weighted by molar-refractivity contribution is -0.139. The van der Waals surface area contributed by atoms with Crippen LogP contribution in [0.5, 0.6) is 5.75 Å². The first-order valence-electron chi connectivity index (χ1n) is 11.3. The zero-order chi connectivity index (χ0) is 25.8. The number of rotatable bonds is 4. The summed E-state index contributed by atoms with van der Waals surface area (Å²) in [6, 6.07) is 6.01. The van der Waals surface area contributed by atoms with Crippen molar-refractivity contribution in [2.24, 2.45) is 10.7 Å². The number of carbonyl (C=O) groups excluding carboxylic acids is 2.